The third-order valence-electron chi connectivity index (χ3n) is 5.52. The number of nitrogens with zero attached hydrogens (tertiary/aromatic N) is 4. The summed E-state index contributed by atoms with van der Waals surface area (Å²) in [6.45, 7) is 3.00. The minimum absolute atomic E-state index is 0.180. The minimum atomic E-state index is -4.40. The first-order valence-electron chi connectivity index (χ1n) is 10.6. The van der Waals surface area contributed by atoms with Crippen LogP contribution in [0.15, 0.2) is 60.8 Å². The minimum Gasteiger partial charge on any atom is -0.379 e. The first-order valence-corrected chi connectivity index (χ1v) is 10.6. The fraction of sp³-hybridized carbons (Fsp3) is 0.348. The Morgan fingerprint density at radius 2 is 1.76 bits per heavy atom. The highest BCUT2D eigenvalue weighted by atomic mass is 19.4. The molecule has 1 atom stereocenters. The number of ether oxygens (including phenoxy) is 1. The van der Waals surface area contributed by atoms with Gasteiger partial charge >= 0.3 is 6.18 Å². The van der Waals surface area contributed by atoms with E-state index in [0.29, 0.717) is 38.4 Å². The van der Waals surface area contributed by atoms with Crippen LogP contribution in [0.3, 0.4) is 0 Å². The number of alkyl halides is 3. The first kappa shape index (κ1) is 22.9. The van der Waals surface area contributed by atoms with Gasteiger partial charge in [-0.2, -0.15) is 13.2 Å². The van der Waals surface area contributed by atoms with Crippen LogP contribution in [0.4, 0.5) is 13.2 Å². The molecule has 4 rings (SSSR count). The van der Waals surface area contributed by atoms with Gasteiger partial charge in [0, 0.05) is 19.6 Å². The summed E-state index contributed by atoms with van der Waals surface area (Å²) in [6.07, 6.45) is -2.82. The maximum absolute atomic E-state index is 13.0. The van der Waals surface area contributed by atoms with Crippen molar-refractivity contribution in [2.24, 2.45) is 0 Å². The highest BCUT2D eigenvalue weighted by molar-refractivity contribution is 5.91. The number of carbonyl (C=O) groups excluding carboxylic acids is 1. The van der Waals surface area contributed by atoms with Crippen molar-refractivity contribution in [1.82, 2.24) is 25.2 Å². The number of nitrogens with one attached hydrogen (secondary N) is 1. The van der Waals surface area contributed by atoms with Crippen LogP contribution in [0.25, 0.3) is 0 Å². The van der Waals surface area contributed by atoms with Gasteiger partial charge in [0.05, 0.1) is 37.6 Å². The Labute approximate surface area is 189 Å². The van der Waals surface area contributed by atoms with E-state index < -0.39 is 11.7 Å². The molecule has 174 valence electrons. The molecule has 33 heavy (non-hydrogen) atoms. The molecule has 0 bridgehead atoms. The van der Waals surface area contributed by atoms with Gasteiger partial charge in [-0.25, -0.2) is 4.68 Å². The van der Waals surface area contributed by atoms with E-state index in [4.69, 9.17) is 4.74 Å². The molecule has 1 N–H and O–H groups in total. The number of halogens is 3. The van der Waals surface area contributed by atoms with E-state index in [1.165, 1.54) is 12.1 Å². The van der Waals surface area contributed by atoms with E-state index in [0.717, 1.165) is 17.7 Å². The van der Waals surface area contributed by atoms with E-state index in [1.807, 2.05) is 30.3 Å². The first-order chi connectivity index (χ1) is 15.9. The lowest BCUT2D eigenvalue weighted by Crippen LogP contribution is -2.43. The van der Waals surface area contributed by atoms with Crippen molar-refractivity contribution in [2.45, 2.75) is 18.8 Å². The van der Waals surface area contributed by atoms with Crippen molar-refractivity contribution in [3.63, 3.8) is 0 Å². The zero-order chi connectivity index (χ0) is 23.3. The SMILES string of the molecule is O=C(NCC(c1ccc(C(F)(F)F)cc1)N1CCOCC1)c1cn(Cc2ccccc2)nn1. The predicted molar refractivity (Wildman–Crippen MR) is 114 cm³/mol. The van der Waals surface area contributed by atoms with Crippen molar-refractivity contribution in [3.8, 4) is 0 Å². The summed E-state index contributed by atoms with van der Waals surface area (Å²) in [4.78, 5) is 14.8. The van der Waals surface area contributed by atoms with Gasteiger partial charge in [-0.3, -0.25) is 9.69 Å². The van der Waals surface area contributed by atoms with Crippen molar-refractivity contribution in [2.75, 3.05) is 32.8 Å². The standard InChI is InChI=1S/C23H24F3N5O2/c24-23(25,26)19-8-6-18(7-9-19)21(30-10-12-33-13-11-30)14-27-22(32)20-16-31(29-28-20)15-17-4-2-1-3-5-17/h1-9,16,21H,10-15H2,(H,27,32). The molecule has 1 fully saturated rings. The lowest BCUT2D eigenvalue weighted by atomic mass is 10.0. The molecule has 1 aromatic heterocycles. The van der Waals surface area contributed by atoms with Crippen LogP contribution >= 0.6 is 0 Å². The van der Waals surface area contributed by atoms with E-state index in [1.54, 1.807) is 10.9 Å². The third kappa shape index (κ3) is 5.96. The summed E-state index contributed by atoms with van der Waals surface area (Å²) < 4.78 is 45.9. The molecule has 0 radical (unpaired) electrons. The smallest absolute Gasteiger partial charge is 0.379 e. The number of aromatic nitrogens is 3. The number of morpholine rings is 1. The normalized spacial score (nSPS) is 15.8. The summed E-state index contributed by atoms with van der Waals surface area (Å²) in [5.74, 6) is -0.389. The molecular formula is C23H24F3N5O2. The number of hydrogen-bond acceptors (Lipinski definition) is 5. The number of benzene rings is 2. The van der Waals surface area contributed by atoms with Crippen LogP contribution in [-0.2, 0) is 17.5 Å². The van der Waals surface area contributed by atoms with Crippen LogP contribution in [-0.4, -0.2) is 58.6 Å². The molecule has 1 unspecified atom stereocenters. The van der Waals surface area contributed by atoms with Crippen LogP contribution in [0.1, 0.15) is 33.2 Å². The average Bonchev–Trinajstić information content (AvgIpc) is 3.29. The Morgan fingerprint density at radius 1 is 1.06 bits per heavy atom. The van der Waals surface area contributed by atoms with Gasteiger partial charge in [0.2, 0.25) is 0 Å². The molecule has 2 aromatic carbocycles. The summed E-state index contributed by atoms with van der Waals surface area (Å²) in [5, 5.41) is 10.8. The molecule has 1 aliphatic heterocycles. The maximum atomic E-state index is 13.0. The molecule has 1 saturated heterocycles. The Balaban J connectivity index is 1.44. The van der Waals surface area contributed by atoms with E-state index >= 15 is 0 Å². The summed E-state index contributed by atoms with van der Waals surface area (Å²) in [6, 6.07) is 14.5. The third-order valence-corrected chi connectivity index (χ3v) is 5.52. The topological polar surface area (TPSA) is 72.3 Å². The summed E-state index contributed by atoms with van der Waals surface area (Å²) >= 11 is 0. The number of hydrogen-bond donors (Lipinski definition) is 1. The summed E-state index contributed by atoms with van der Waals surface area (Å²) in [5.41, 5.74) is 1.20. The zero-order valence-electron chi connectivity index (χ0n) is 17.8. The van der Waals surface area contributed by atoms with Crippen molar-refractivity contribution >= 4 is 5.91 Å². The fourth-order valence-electron chi connectivity index (χ4n) is 3.77. The van der Waals surface area contributed by atoms with Crippen LogP contribution < -0.4 is 5.32 Å². The quantitative estimate of drug-likeness (QED) is 0.588. The highest BCUT2D eigenvalue weighted by Crippen LogP contribution is 2.31. The molecule has 0 spiro atoms. The van der Waals surface area contributed by atoms with Crippen molar-refractivity contribution in [1.29, 1.82) is 0 Å². The highest BCUT2D eigenvalue weighted by Gasteiger charge is 2.31. The van der Waals surface area contributed by atoms with Crippen molar-refractivity contribution in [3.05, 3.63) is 83.2 Å². The van der Waals surface area contributed by atoms with Crippen LogP contribution in [0, 0.1) is 0 Å². The zero-order valence-corrected chi connectivity index (χ0v) is 17.8. The van der Waals surface area contributed by atoms with E-state index in [9.17, 15) is 18.0 Å². The van der Waals surface area contributed by atoms with Gasteiger partial charge in [-0.05, 0) is 23.3 Å². The van der Waals surface area contributed by atoms with Gasteiger partial charge in [-0.15, -0.1) is 5.10 Å². The van der Waals surface area contributed by atoms with Gasteiger partial charge < -0.3 is 10.1 Å². The predicted octanol–water partition coefficient (Wildman–Crippen LogP) is 3.15. The second-order valence-electron chi connectivity index (χ2n) is 7.78. The van der Waals surface area contributed by atoms with Crippen molar-refractivity contribution < 1.29 is 22.7 Å². The maximum Gasteiger partial charge on any atom is 0.416 e. The molecule has 7 nitrogen and oxygen atoms in total. The van der Waals surface area contributed by atoms with E-state index in [-0.39, 0.29) is 24.2 Å². The molecule has 0 aliphatic carbocycles. The number of carbonyl (C=O) groups is 1. The Kier molecular flexibility index (Phi) is 7.05. The largest absolute Gasteiger partial charge is 0.416 e. The molecule has 0 saturated carbocycles. The van der Waals surface area contributed by atoms with Gasteiger partial charge in [0.15, 0.2) is 5.69 Å². The molecule has 2 heterocycles. The Morgan fingerprint density at radius 3 is 2.42 bits per heavy atom. The second kappa shape index (κ2) is 10.1. The average molecular weight is 459 g/mol. The Hall–Kier alpha value is -3.24. The van der Waals surface area contributed by atoms with Crippen LogP contribution in [0.5, 0.6) is 0 Å². The molecule has 3 aromatic rings. The molecule has 1 amide bonds. The molecular weight excluding hydrogens is 435 g/mol. The second-order valence-corrected chi connectivity index (χ2v) is 7.78. The molecule has 1 aliphatic rings. The van der Waals surface area contributed by atoms with Gasteiger partial charge in [-0.1, -0.05) is 47.7 Å². The van der Waals surface area contributed by atoms with Crippen LogP contribution in [0.2, 0.25) is 0 Å². The Bertz CT molecular complexity index is 1050. The van der Waals surface area contributed by atoms with E-state index in [2.05, 4.69) is 20.5 Å². The number of rotatable bonds is 7. The summed E-state index contributed by atoms with van der Waals surface area (Å²) in [7, 11) is 0. The number of amides is 1. The molecule has 10 heteroatoms. The lowest BCUT2D eigenvalue weighted by molar-refractivity contribution is -0.137. The van der Waals surface area contributed by atoms with Gasteiger partial charge in [0.25, 0.3) is 5.91 Å². The lowest BCUT2D eigenvalue weighted by Gasteiger charge is -2.35. The van der Waals surface area contributed by atoms with Gasteiger partial charge in [0.1, 0.15) is 0 Å². The monoisotopic (exact) mass is 459 g/mol. The fourth-order valence-corrected chi connectivity index (χ4v) is 3.77.